The second-order valence-corrected chi connectivity index (χ2v) is 2.51. The van der Waals surface area contributed by atoms with E-state index in [1.54, 1.807) is 0 Å². The number of nitro benzene ring substituents is 1. The maximum atomic E-state index is 13.3. The Hall–Kier alpha value is -2.05. The zero-order chi connectivity index (χ0) is 11.6. The molecular formula is C8H5F2NO4. The average molecular weight is 217 g/mol. The number of ether oxygens (including phenoxy) is 1. The van der Waals surface area contributed by atoms with E-state index >= 15 is 0 Å². The van der Waals surface area contributed by atoms with Crippen molar-refractivity contribution in [3.8, 4) is 5.75 Å². The molecular weight excluding hydrogens is 212 g/mol. The molecule has 1 aromatic rings. The number of halogens is 2. The van der Waals surface area contributed by atoms with Crippen LogP contribution in [-0.2, 0) is 0 Å². The highest BCUT2D eigenvalue weighted by atomic mass is 19.1. The first-order chi connectivity index (χ1) is 7.02. The maximum absolute atomic E-state index is 13.3. The van der Waals surface area contributed by atoms with Crippen molar-refractivity contribution in [2.75, 3.05) is 7.11 Å². The molecule has 15 heavy (non-hydrogen) atoms. The highest BCUT2D eigenvalue weighted by molar-refractivity contribution is 5.82. The summed E-state index contributed by atoms with van der Waals surface area (Å²) in [5, 5.41) is 10.4. The third-order valence-corrected chi connectivity index (χ3v) is 1.71. The van der Waals surface area contributed by atoms with Crippen LogP contribution >= 0.6 is 0 Å². The van der Waals surface area contributed by atoms with Crippen molar-refractivity contribution in [1.29, 1.82) is 0 Å². The Morgan fingerprint density at radius 2 is 2.13 bits per heavy atom. The molecule has 7 heteroatoms. The van der Waals surface area contributed by atoms with E-state index in [4.69, 9.17) is 0 Å². The van der Waals surface area contributed by atoms with Gasteiger partial charge in [-0.2, -0.15) is 0 Å². The van der Waals surface area contributed by atoms with Gasteiger partial charge in [-0.3, -0.25) is 14.9 Å². The first-order valence-electron chi connectivity index (χ1n) is 3.68. The molecule has 0 aliphatic rings. The summed E-state index contributed by atoms with van der Waals surface area (Å²) in [6.07, 6.45) is -0.0601. The van der Waals surface area contributed by atoms with Crippen molar-refractivity contribution in [3.63, 3.8) is 0 Å². The van der Waals surface area contributed by atoms with Crippen LogP contribution in [0.2, 0.25) is 0 Å². The van der Waals surface area contributed by atoms with Gasteiger partial charge in [-0.05, 0) is 0 Å². The van der Waals surface area contributed by atoms with E-state index in [9.17, 15) is 23.7 Å². The summed E-state index contributed by atoms with van der Waals surface area (Å²) in [5.41, 5.74) is -1.76. The van der Waals surface area contributed by atoms with Gasteiger partial charge < -0.3 is 4.74 Å². The van der Waals surface area contributed by atoms with Gasteiger partial charge in [0.15, 0.2) is 23.7 Å². The summed E-state index contributed by atoms with van der Waals surface area (Å²) in [4.78, 5) is 19.7. The van der Waals surface area contributed by atoms with E-state index in [1.807, 2.05) is 0 Å². The Morgan fingerprint density at radius 1 is 1.53 bits per heavy atom. The number of hydrogen-bond donors (Lipinski definition) is 0. The minimum Gasteiger partial charge on any atom is -0.491 e. The molecule has 0 amide bonds. The Morgan fingerprint density at radius 3 is 2.53 bits per heavy atom. The zero-order valence-electron chi connectivity index (χ0n) is 7.49. The Labute approximate surface area is 82.4 Å². The molecule has 0 saturated heterocycles. The molecule has 0 spiro atoms. The second kappa shape index (κ2) is 3.99. The van der Waals surface area contributed by atoms with E-state index in [1.165, 1.54) is 0 Å². The Kier molecular flexibility index (Phi) is 2.93. The van der Waals surface area contributed by atoms with Gasteiger partial charge in [0.05, 0.1) is 18.1 Å². The number of carbonyl (C=O) groups is 1. The van der Waals surface area contributed by atoms with Crippen LogP contribution in [0, 0.1) is 21.7 Å². The van der Waals surface area contributed by atoms with E-state index in [-0.39, 0.29) is 6.29 Å². The van der Waals surface area contributed by atoms with Gasteiger partial charge in [0.25, 0.3) is 5.69 Å². The number of carbonyl (C=O) groups excluding carboxylic acids is 1. The fraction of sp³-hybridized carbons (Fsp3) is 0.125. The van der Waals surface area contributed by atoms with Crippen molar-refractivity contribution < 1.29 is 23.2 Å². The molecule has 0 fully saturated rings. The number of methoxy groups -OCH3 is 1. The molecule has 0 N–H and O–H groups in total. The Bertz CT molecular complexity index is 433. The van der Waals surface area contributed by atoms with Crippen LogP contribution in [0.25, 0.3) is 0 Å². The van der Waals surface area contributed by atoms with Gasteiger partial charge in [-0.25, -0.2) is 8.78 Å². The predicted octanol–water partition coefficient (Wildman–Crippen LogP) is 1.69. The molecule has 0 saturated carbocycles. The quantitative estimate of drug-likeness (QED) is 0.439. The first-order valence-corrected chi connectivity index (χ1v) is 3.68. The predicted molar refractivity (Wildman–Crippen MR) is 45.0 cm³/mol. The number of aldehydes is 1. The molecule has 1 rings (SSSR count). The topological polar surface area (TPSA) is 69.4 Å². The van der Waals surface area contributed by atoms with E-state index < -0.39 is 33.6 Å². The largest absolute Gasteiger partial charge is 0.491 e. The van der Waals surface area contributed by atoms with Crippen LogP contribution in [0.5, 0.6) is 5.75 Å². The molecule has 0 radical (unpaired) electrons. The van der Waals surface area contributed by atoms with Crippen LogP contribution in [-0.4, -0.2) is 18.3 Å². The minimum atomic E-state index is -1.38. The molecule has 0 aliphatic heterocycles. The van der Waals surface area contributed by atoms with Crippen LogP contribution in [0.1, 0.15) is 10.4 Å². The fourth-order valence-corrected chi connectivity index (χ4v) is 1.05. The van der Waals surface area contributed by atoms with Gasteiger partial charge >= 0.3 is 0 Å². The number of nitro groups is 1. The van der Waals surface area contributed by atoms with E-state index in [2.05, 4.69) is 4.74 Å². The summed E-state index contributed by atoms with van der Waals surface area (Å²) < 4.78 is 30.6. The standard InChI is InChI=1S/C8H5F2NO4/c1-15-8-5(9)2-6(11(13)14)4(3-12)7(8)10/h2-3H,1H3. The number of benzene rings is 1. The number of rotatable bonds is 3. The van der Waals surface area contributed by atoms with Crippen LogP contribution in [0.3, 0.4) is 0 Å². The molecule has 80 valence electrons. The third-order valence-electron chi connectivity index (χ3n) is 1.71. The lowest BCUT2D eigenvalue weighted by atomic mass is 10.1. The number of nitrogens with zero attached hydrogens (tertiary/aromatic N) is 1. The van der Waals surface area contributed by atoms with Crippen molar-refractivity contribution in [3.05, 3.63) is 33.4 Å². The van der Waals surface area contributed by atoms with E-state index in [0.29, 0.717) is 6.07 Å². The van der Waals surface area contributed by atoms with Crippen molar-refractivity contribution >= 4 is 12.0 Å². The average Bonchev–Trinajstić information content (AvgIpc) is 2.17. The summed E-state index contributed by atoms with van der Waals surface area (Å²) in [6, 6.07) is 0.436. The van der Waals surface area contributed by atoms with Crippen molar-refractivity contribution in [2.24, 2.45) is 0 Å². The molecule has 0 bridgehead atoms. The zero-order valence-corrected chi connectivity index (χ0v) is 7.49. The monoisotopic (exact) mass is 217 g/mol. The van der Waals surface area contributed by atoms with Crippen molar-refractivity contribution in [1.82, 2.24) is 0 Å². The molecule has 0 aliphatic carbocycles. The van der Waals surface area contributed by atoms with Crippen LogP contribution < -0.4 is 4.74 Å². The molecule has 0 atom stereocenters. The SMILES string of the molecule is COc1c(F)cc([N+](=O)[O-])c(C=O)c1F. The minimum absolute atomic E-state index is 0.0601. The third kappa shape index (κ3) is 1.76. The highest BCUT2D eigenvalue weighted by Gasteiger charge is 2.25. The van der Waals surface area contributed by atoms with Gasteiger partial charge in [0.1, 0.15) is 5.56 Å². The molecule has 1 aromatic carbocycles. The van der Waals surface area contributed by atoms with Crippen LogP contribution in [0.4, 0.5) is 14.5 Å². The summed E-state index contributed by atoms with van der Waals surface area (Å²) in [5.74, 6) is -3.42. The van der Waals surface area contributed by atoms with Crippen LogP contribution in [0.15, 0.2) is 6.07 Å². The normalized spacial score (nSPS) is 9.80. The summed E-state index contributed by atoms with van der Waals surface area (Å²) in [6.45, 7) is 0. The summed E-state index contributed by atoms with van der Waals surface area (Å²) >= 11 is 0. The Balaban J connectivity index is 3.58. The molecule has 0 aromatic heterocycles. The van der Waals surface area contributed by atoms with E-state index in [0.717, 1.165) is 7.11 Å². The molecule has 0 heterocycles. The molecule has 0 unspecified atom stereocenters. The van der Waals surface area contributed by atoms with Gasteiger partial charge in [0, 0.05) is 0 Å². The lowest BCUT2D eigenvalue weighted by molar-refractivity contribution is -0.385. The molecule has 5 nitrogen and oxygen atoms in total. The maximum Gasteiger partial charge on any atom is 0.286 e. The smallest absolute Gasteiger partial charge is 0.286 e. The summed E-state index contributed by atoms with van der Waals surface area (Å²) in [7, 11) is 0.988. The highest BCUT2D eigenvalue weighted by Crippen LogP contribution is 2.30. The van der Waals surface area contributed by atoms with Gasteiger partial charge in [-0.1, -0.05) is 0 Å². The van der Waals surface area contributed by atoms with Gasteiger partial charge in [0.2, 0.25) is 0 Å². The second-order valence-electron chi connectivity index (χ2n) is 2.51. The lowest BCUT2D eigenvalue weighted by Gasteiger charge is -2.05. The number of hydrogen-bond acceptors (Lipinski definition) is 4. The lowest BCUT2D eigenvalue weighted by Crippen LogP contribution is -2.02. The van der Waals surface area contributed by atoms with Crippen molar-refractivity contribution in [2.45, 2.75) is 0 Å². The fourth-order valence-electron chi connectivity index (χ4n) is 1.05. The first kappa shape index (κ1) is 11.0. The van der Waals surface area contributed by atoms with Gasteiger partial charge in [-0.15, -0.1) is 0 Å².